The quantitative estimate of drug-likeness (QED) is 0.479. The van der Waals surface area contributed by atoms with Crippen LogP contribution in [0, 0.1) is 0 Å². The number of benzene rings is 2. The Kier molecular flexibility index (Phi) is 6.47. The minimum atomic E-state index is -3.39. The summed E-state index contributed by atoms with van der Waals surface area (Å²) in [5.74, 6) is 0.720. The van der Waals surface area contributed by atoms with E-state index in [1.807, 2.05) is 30.3 Å². The predicted molar refractivity (Wildman–Crippen MR) is 108 cm³/mol. The molecule has 7 heteroatoms. The number of nitrogens with zero attached hydrogens (tertiary/aromatic N) is 1. The fourth-order valence-electron chi connectivity index (χ4n) is 2.65. The highest BCUT2D eigenvalue weighted by Gasteiger charge is 2.27. The molecule has 3 N–H and O–H groups in total. The van der Waals surface area contributed by atoms with Crippen LogP contribution in [0.5, 0.6) is 0 Å². The van der Waals surface area contributed by atoms with Crippen molar-refractivity contribution in [3.05, 3.63) is 65.7 Å². The van der Waals surface area contributed by atoms with Crippen molar-refractivity contribution in [2.24, 2.45) is 4.99 Å². The summed E-state index contributed by atoms with van der Waals surface area (Å²) in [5, 5.41) is 6.53. The molecule has 0 aliphatic heterocycles. The van der Waals surface area contributed by atoms with Gasteiger partial charge in [-0.3, -0.25) is 4.99 Å². The van der Waals surface area contributed by atoms with Crippen molar-refractivity contribution in [1.82, 2.24) is 15.4 Å². The maximum atomic E-state index is 12.2. The van der Waals surface area contributed by atoms with E-state index in [1.54, 1.807) is 19.2 Å². The molecule has 0 bridgehead atoms. The summed E-state index contributed by atoms with van der Waals surface area (Å²) in [6.07, 6.45) is 2.78. The van der Waals surface area contributed by atoms with Gasteiger partial charge in [-0.25, -0.2) is 13.1 Å². The maximum Gasteiger partial charge on any atom is 0.240 e. The van der Waals surface area contributed by atoms with Crippen molar-refractivity contribution in [1.29, 1.82) is 0 Å². The van der Waals surface area contributed by atoms with Gasteiger partial charge in [-0.15, -0.1) is 0 Å². The van der Waals surface area contributed by atoms with Gasteiger partial charge in [0.2, 0.25) is 10.0 Å². The van der Waals surface area contributed by atoms with E-state index < -0.39 is 10.0 Å². The topological polar surface area (TPSA) is 82.6 Å². The Morgan fingerprint density at radius 3 is 2.33 bits per heavy atom. The first-order chi connectivity index (χ1) is 13.1. The molecule has 3 rings (SSSR count). The maximum absolute atomic E-state index is 12.2. The van der Waals surface area contributed by atoms with Gasteiger partial charge in [0.1, 0.15) is 0 Å². The molecule has 0 radical (unpaired) electrons. The molecule has 0 unspecified atom stereocenters. The van der Waals surface area contributed by atoms with Crippen molar-refractivity contribution in [2.75, 3.05) is 13.6 Å². The van der Waals surface area contributed by atoms with Crippen LogP contribution in [0.25, 0.3) is 0 Å². The fourth-order valence-corrected chi connectivity index (χ4v) is 3.96. The normalized spacial score (nSPS) is 14.8. The molecule has 0 saturated heterocycles. The minimum Gasteiger partial charge on any atom is -0.356 e. The van der Waals surface area contributed by atoms with E-state index in [4.69, 9.17) is 0 Å². The van der Waals surface area contributed by atoms with E-state index in [-0.39, 0.29) is 6.04 Å². The lowest BCUT2D eigenvalue weighted by Crippen LogP contribution is -2.37. The number of hydrogen-bond donors (Lipinski definition) is 3. The molecule has 0 amide bonds. The molecule has 6 nitrogen and oxygen atoms in total. The third kappa shape index (κ3) is 6.08. The van der Waals surface area contributed by atoms with Crippen LogP contribution in [0.2, 0.25) is 0 Å². The number of hydrogen-bond acceptors (Lipinski definition) is 3. The van der Waals surface area contributed by atoms with Crippen molar-refractivity contribution in [2.45, 2.75) is 36.7 Å². The lowest BCUT2D eigenvalue weighted by molar-refractivity contribution is 0.581. The van der Waals surface area contributed by atoms with Crippen molar-refractivity contribution < 1.29 is 8.42 Å². The van der Waals surface area contributed by atoms with Crippen LogP contribution < -0.4 is 15.4 Å². The monoisotopic (exact) mass is 386 g/mol. The molecular weight excluding hydrogens is 360 g/mol. The Balaban J connectivity index is 1.46. The standard InChI is InChI=1S/C20H26N4O2S/c1-21-20(22-14-13-16-5-3-2-4-6-16)23-15-17-7-11-19(12-8-17)27(25,26)24-18-9-10-18/h2-8,11-12,18,24H,9-10,13-15H2,1H3,(H2,21,22,23). The minimum absolute atomic E-state index is 0.113. The molecule has 2 aromatic carbocycles. The second-order valence-electron chi connectivity index (χ2n) is 6.63. The van der Waals surface area contributed by atoms with Crippen LogP contribution in [0.1, 0.15) is 24.0 Å². The smallest absolute Gasteiger partial charge is 0.240 e. The van der Waals surface area contributed by atoms with Gasteiger partial charge < -0.3 is 10.6 Å². The highest BCUT2D eigenvalue weighted by Crippen LogP contribution is 2.22. The van der Waals surface area contributed by atoms with Gasteiger partial charge in [-0.05, 0) is 42.5 Å². The number of guanidine groups is 1. The molecule has 1 saturated carbocycles. The predicted octanol–water partition coefficient (Wildman–Crippen LogP) is 2.04. The van der Waals surface area contributed by atoms with E-state index in [2.05, 4.69) is 32.5 Å². The van der Waals surface area contributed by atoms with Gasteiger partial charge in [-0.1, -0.05) is 42.5 Å². The summed E-state index contributed by atoms with van der Waals surface area (Å²) in [5.41, 5.74) is 2.27. The van der Waals surface area contributed by atoms with E-state index in [0.717, 1.165) is 37.3 Å². The Labute approximate surface area is 161 Å². The zero-order valence-corrected chi connectivity index (χ0v) is 16.3. The first kappa shape index (κ1) is 19.4. The van der Waals surface area contributed by atoms with Crippen LogP contribution in [0.4, 0.5) is 0 Å². The molecule has 1 fully saturated rings. The van der Waals surface area contributed by atoms with E-state index in [1.165, 1.54) is 5.56 Å². The Bertz CT molecular complexity index is 861. The van der Waals surface area contributed by atoms with E-state index in [0.29, 0.717) is 11.4 Å². The van der Waals surface area contributed by atoms with Crippen LogP contribution in [-0.4, -0.2) is 34.0 Å². The summed E-state index contributed by atoms with van der Waals surface area (Å²) < 4.78 is 27.1. The molecule has 1 aliphatic rings. The SMILES string of the molecule is CN=C(NCCc1ccccc1)NCc1ccc(S(=O)(=O)NC2CC2)cc1. The van der Waals surface area contributed by atoms with Crippen LogP contribution >= 0.6 is 0 Å². The number of sulfonamides is 1. The molecule has 0 spiro atoms. The second-order valence-corrected chi connectivity index (χ2v) is 8.34. The van der Waals surface area contributed by atoms with Gasteiger partial charge in [0.15, 0.2) is 5.96 Å². The van der Waals surface area contributed by atoms with Crippen molar-refractivity contribution in [3.63, 3.8) is 0 Å². The Morgan fingerprint density at radius 2 is 1.70 bits per heavy atom. The Hall–Kier alpha value is -2.38. The third-order valence-electron chi connectivity index (χ3n) is 4.37. The largest absolute Gasteiger partial charge is 0.356 e. The number of aliphatic imine (C=N–C) groups is 1. The molecule has 27 heavy (non-hydrogen) atoms. The zero-order valence-electron chi connectivity index (χ0n) is 15.5. The molecular formula is C20H26N4O2S. The summed E-state index contributed by atoms with van der Waals surface area (Å²) in [7, 11) is -1.66. The molecule has 144 valence electrons. The lowest BCUT2D eigenvalue weighted by atomic mass is 10.1. The average Bonchev–Trinajstić information content (AvgIpc) is 3.49. The number of rotatable bonds is 8. The third-order valence-corrected chi connectivity index (χ3v) is 5.90. The van der Waals surface area contributed by atoms with Gasteiger partial charge in [0.25, 0.3) is 0 Å². The summed E-state index contributed by atoms with van der Waals surface area (Å²) in [4.78, 5) is 4.53. The fraction of sp³-hybridized carbons (Fsp3) is 0.350. The number of nitrogens with one attached hydrogen (secondary N) is 3. The molecule has 2 aromatic rings. The van der Waals surface area contributed by atoms with Gasteiger partial charge in [0.05, 0.1) is 4.90 Å². The van der Waals surface area contributed by atoms with Crippen molar-refractivity contribution in [3.8, 4) is 0 Å². The Morgan fingerprint density at radius 1 is 1.00 bits per heavy atom. The van der Waals surface area contributed by atoms with Gasteiger partial charge >= 0.3 is 0 Å². The highest BCUT2D eigenvalue weighted by atomic mass is 32.2. The summed E-state index contributed by atoms with van der Waals surface area (Å²) in [6, 6.07) is 17.3. The summed E-state index contributed by atoms with van der Waals surface area (Å²) >= 11 is 0. The van der Waals surface area contributed by atoms with Gasteiger partial charge in [-0.2, -0.15) is 0 Å². The highest BCUT2D eigenvalue weighted by molar-refractivity contribution is 7.89. The van der Waals surface area contributed by atoms with Crippen molar-refractivity contribution >= 4 is 16.0 Å². The first-order valence-electron chi connectivity index (χ1n) is 9.16. The van der Waals surface area contributed by atoms with Crippen LogP contribution in [0.3, 0.4) is 0 Å². The van der Waals surface area contributed by atoms with Crippen LogP contribution in [-0.2, 0) is 23.0 Å². The molecule has 1 aliphatic carbocycles. The zero-order chi connectivity index (χ0) is 19.1. The second kappa shape index (κ2) is 9.01. The average molecular weight is 387 g/mol. The van der Waals surface area contributed by atoms with Crippen LogP contribution in [0.15, 0.2) is 64.5 Å². The van der Waals surface area contributed by atoms with E-state index in [9.17, 15) is 8.42 Å². The molecule has 0 atom stereocenters. The lowest BCUT2D eigenvalue weighted by Gasteiger charge is -2.12. The summed E-state index contributed by atoms with van der Waals surface area (Å²) in [6.45, 7) is 1.36. The molecule has 0 heterocycles. The first-order valence-corrected chi connectivity index (χ1v) is 10.6. The van der Waals surface area contributed by atoms with E-state index >= 15 is 0 Å². The van der Waals surface area contributed by atoms with Gasteiger partial charge in [0, 0.05) is 26.2 Å². The molecule has 0 aromatic heterocycles.